The summed E-state index contributed by atoms with van der Waals surface area (Å²) in [5.41, 5.74) is 2.55. The van der Waals surface area contributed by atoms with Gasteiger partial charge in [0.05, 0.1) is 19.1 Å². The lowest BCUT2D eigenvalue weighted by atomic mass is 9.87. The Balaban J connectivity index is 1.72. The van der Waals surface area contributed by atoms with Gasteiger partial charge >= 0.3 is 0 Å². The Morgan fingerprint density at radius 2 is 2.21 bits per heavy atom. The van der Waals surface area contributed by atoms with Crippen molar-refractivity contribution < 1.29 is 9.15 Å². The molecule has 1 N–H and O–H groups in total. The van der Waals surface area contributed by atoms with Crippen LogP contribution in [0.15, 0.2) is 47.3 Å². The van der Waals surface area contributed by atoms with E-state index in [9.17, 15) is 0 Å². The number of likely N-dealkylation sites (N-methyl/N-ethyl adjacent to an activating group) is 1. The molecule has 0 fully saturated rings. The number of nitrogens with one attached hydrogen (secondary N) is 1. The Hall–Kier alpha value is -1.74. The van der Waals surface area contributed by atoms with Crippen molar-refractivity contribution in [1.82, 2.24) is 5.32 Å². The summed E-state index contributed by atoms with van der Waals surface area (Å²) in [6, 6.07) is 10.8. The van der Waals surface area contributed by atoms with Crippen LogP contribution in [-0.4, -0.2) is 19.7 Å². The van der Waals surface area contributed by atoms with E-state index in [0.717, 1.165) is 25.2 Å². The number of fused-ring (bicyclic) bond motifs is 1. The molecule has 2 atom stereocenters. The van der Waals surface area contributed by atoms with E-state index in [1.807, 2.05) is 25.4 Å². The molecular weight excluding hydrogens is 238 g/mol. The van der Waals surface area contributed by atoms with E-state index in [4.69, 9.17) is 9.15 Å². The number of hydrogen-bond acceptors (Lipinski definition) is 3. The van der Waals surface area contributed by atoms with Gasteiger partial charge in [-0.15, -0.1) is 0 Å². The molecule has 1 aromatic heterocycles. The van der Waals surface area contributed by atoms with E-state index in [1.165, 1.54) is 11.1 Å². The summed E-state index contributed by atoms with van der Waals surface area (Å²) < 4.78 is 11.0. The normalized spacial score (nSPS) is 19.5. The zero-order valence-corrected chi connectivity index (χ0v) is 11.1. The highest BCUT2D eigenvalue weighted by atomic mass is 16.5. The van der Waals surface area contributed by atoms with Gasteiger partial charge in [0.2, 0.25) is 0 Å². The van der Waals surface area contributed by atoms with Crippen LogP contribution in [0.4, 0.5) is 0 Å². The number of ether oxygens (including phenoxy) is 1. The highest BCUT2D eigenvalue weighted by Gasteiger charge is 2.26. The third kappa shape index (κ3) is 2.66. The van der Waals surface area contributed by atoms with Crippen LogP contribution in [0, 0.1) is 5.92 Å². The second-order valence-electron chi connectivity index (χ2n) is 5.11. The van der Waals surface area contributed by atoms with Crippen LogP contribution >= 0.6 is 0 Å². The fraction of sp³-hybridized carbons (Fsp3) is 0.375. The van der Waals surface area contributed by atoms with Gasteiger partial charge in [0.1, 0.15) is 5.75 Å². The topological polar surface area (TPSA) is 34.4 Å². The van der Waals surface area contributed by atoms with Gasteiger partial charge in [-0.3, -0.25) is 0 Å². The smallest absolute Gasteiger partial charge is 0.122 e. The van der Waals surface area contributed by atoms with Gasteiger partial charge in [0.15, 0.2) is 0 Å². The van der Waals surface area contributed by atoms with Crippen LogP contribution in [-0.2, 0) is 12.8 Å². The van der Waals surface area contributed by atoms with Crippen molar-refractivity contribution >= 4 is 0 Å². The molecule has 1 aliphatic rings. The van der Waals surface area contributed by atoms with Gasteiger partial charge in [-0.05, 0) is 43.1 Å². The van der Waals surface area contributed by atoms with E-state index < -0.39 is 0 Å². The minimum absolute atomic E-state index is 0.408. The van der Waals surface area contributed by atoms with Crippen LogP contribution in [0.1, 0.15) is 11.1 Å². The molecule has 2 unspecified atom stereocenters. The first-order valence-electron chi connectivity index (χ1n) is 6.76. The zero-order chi connectivity index (χ0) is 13.1. The van der Waals surface area contributed by atoms with Gasteiger partial charge in [0.25, 0.3) is 0 Å². The molecule has 2 aromatic rings. The first-order valence-corrected chi connectivity index (χ1v) is 6.76. The molecule has 0 spiro atoms. The molecule has 0 bridgehead atoms. The lowest BCUT2D eigenvalue weighted by molar-refractivity contribution is 0.187. The average molecular weight is 257 g/mol. The molecule has 1 aromatic carbocycles. The van der Waals surface area contributed by atoms with Gasteiger partial charge < -0.3 is 14.5 Å². The minimum atomic E-state index is 0.408. The number of rotatable bonds is 4. The monoisotopic (exact) mass is 257 g/mol. The summed E-state index contributed by atoms with van der Waals surface area (Å²) in [4.78, 5) is 0. The quantitative estimate of drug-likeness (QED) is 0.914. The maximum atomic E-state index is 5.87. The van der Waals surface area contributed by atoms with Crippen molar-refractivity contribution in [2.45, 2.75) is 18.9 Å². The lowest BCUT2D eigenvalue weighted by Crippen LogP contribution is -2.41. The molecule has 3 rings (SSSR count). The minimum Gasteiger partial charge on any atom is -0.493 e. The largest absolute Gasteiger partial charge is 0.493 e. The second-order valence-corrected chi connectivity index (χ2v) is 5.11. The molecule has 19 heavy (non-hydrogen) atoms. The Morgan fingerprint density at radius 3 is 3.00 bits per heavy atom. The standard InChI is InChI=1S/C16H19NO2/c1-17-15(8-12-6-7-18-10-12)14-9-13-4-2-3-5-16(13)19-11-14/h2-7,10,14-15,17H,8-9,11H2,1H3. The summed E-state index contributed by atoms with van der Waals surface area (Å²) >= 11 is 0. The van der Waals surface area contributed by atoms with Crippen LogP contribution in [0.25, 0.3) is 0 Å². The van der Waals surface area contributed by atoms with Crippen LogP contribution in [0.2, 0.25) is 0 Å². The highest BCUT2D eigenvalue weighted by Crippen LogP contribution is 2.29. The molecule has 0 aliphatic carbocycles. The van der Waals surface area contributed by atoms with E-state index in [-0.39, 0.29) is 0 Å². The van der Waals surface area contributed by atoms with Gasteiger partial charge in [-0.1, -0.05) is 18.2 Å². The van der Waals surface area contributed by atoms with E-state index in [1.54, 1.807) is 6.26 Å². The third-order valence-electron chi connectivity index (χ3n) is 3.88. The number of benzene rings is 1. The van der Waals surface area contributed by atoms with Crippen molar-refractivity contribution in [3.8, 4) is 5.75 Å². The summed E-state index contributed by atoms with van der Waals surface area (Å²) in [5.74, 6) is 1.53. The zero-order valence-electron chi connectivity index (χ0n) is 11.1. The molecule has 2 heterocycles. The Bertz CT molecular complexity index is 521. The van der Waals surface area contributed by atoms with E-state index in [0.29, 0.717) is 12.0 Å². The van der Waals surface area contributed by atoms with Crippen molar-refractivity contribution in [3.05, 3.63) is 54.0 Å². The van der Waals surface area contributed by atoms with Crippen molar-refractivity contribution in [2.24, 2.45) is 5.92 Å². The predicted molar refractivity (Wildman–Crippen MR) is 74.4 cm³/mol. The van der Waals surface area contributed by atoms with Crippen LogP contribution < -0.4 is 10.1 Å². The summed E-state index contributed by atoms with van der Waals surface area (Å²) in [7, 11) is 2.02. The van der Waals surface area contributed by atoms with Gasteiger partial charge in [0, 0.05) is 12.0 Å². The average Bonchev–Trinajstić information content (AvgIpc) is 2.97. The third-order valence-corrected chi connectivity index (χ3v) is 3.88. The van der Waals surface area contributed by atoms with E-state index in [2.05, 4.69) is 23.5 Å². The molecule has 0 amide bonds. The lowest BCUT2D eigenvalue weighted by Gasteiger charge is -2.31. The fourth-order valence-electron chi connectivity index (χ4n) is 2.78. The molecule has 100 valence electrons. The van der Waals surface area contributed by atoms with Crippen molar-refractivity contribution in [2.75, 3.05) is 13.7 Å². The number of para-hydroxylation sites is 1. The molecule has 0 radical (unpaired) electrons. The molecule has 0 saturated carbocycles. The SMILES string of the molecule is CNC(Cc1ccoc1)C1COc2ccccc2C1. The second kappa shape index (κ2) is 5.49. The van der Waals surface area contributed by atoms with Crippen LogP contribution in [0.5, 0.6) is 5.75 Å². The molecule has 3 heteroatoms. The maximum absolute atomic E-state index is 5.87. The summed E-state index contributed by atoms with van der Waals surface area (Å²) in [6.45, 7) is 0.778. The van der Waals surface area contributed by atoms with Crippen LogP contribution in [0.3, 0.4) is 0 Å². The maximum Gasteiger partial charge on any atom is 0.122 e. The first kappa shape index (κ1) is 12.3. The molecule has 3 nitrogen and oxygen atoms in total. The molecule has 1 aliphatic heterocycles. The summed E-state index contributed by atoms with van der Waals surface area (Å²) in [5, 5.41) is 3.42. The highest BCUT2D eigenvalue weighted by molar-refractivity contribution is 5.35. The van der Waals surface area contributed by atoms with Gasteiger partial charge in [-0.2, -0.15) is 0 Å². The summed E-state index contributed by atoms with van der Waals surface area (Å²) in [6.07, 6.45) is 5.60. The Morgan fingerprint density at radius 1 is 1.32 bits per heavy atom. The Labute approximate surface area is 113 Å². The van der Waals surface area contributed by atoms with Crippen molar-refractivity contribution in [3.63, 3.8) is 0 Å². The van der Waals surface area contributed by atoms with Crippen molar-refractivity contribution in [1.29, 1.82) is 0 Å². The number of furan rings is 1. The molecular formula is C16H19NO2. The van der Waals surface area contributed by atoms with E-state index >= 15 is 0 Å². The number of hydrogen-bond donors (Lipinski definition) is 1. The first-order chi connectivity index (χ1) is 9.36. The predicted octanol–water partition coefficient (Wildman–Crippen LogP) is 2.66. The van der Waals surface area contributed by atoms with Gasteiger partial charge in [-0.25, -0.2) is 0 Å². The Kier molecular flexibility index (Phi) is 3.56. The molecule has 0 saturated heterocycles. The fourth-order valence-corrected chi connectivity index (χ4v) is 2.78.